The topological polar surface area (TPSA) is 75.6 Å². The Morgan fingerprint density at radius 1 is 1.33 bits per heavy atom. The molecule has 3 unspecified atom stereocenters. The summed E-state index contributed by atoms with van der Waals surface area (Å²) < 4.78 is 5.51. The van der Waals surface area contributed by atoms with Gasteiger partial charge in [0.25, 0.3) is 0 Å². The molecular weight excluding hydrogens is 306 g/mol. The van der Waals surface area contributed by atoms with Crippen LogP contribution in [0, 0.1) is 11.3 Å². The number of rotatable bonds is 6. The first-order chi connectivity index (χ1) is 11.2. The third kappa shape index (κ3) is 5.55. The molecule has 3 atom stereocenters. The second kappa shape index (κ2) is 7.69. The number of ether oxygens (including phenoxy) is 1. The quantitative estimate of drug-likeness (QED) is 0.780. The number of hydrogen-bond acceptors (Lipinski definition) is 3. The Bertz CT molecular complexity index is 564. The van der Waals surface area contributed by atoms with Crippen molar-refractivity contribution in [2.75, 3.05) is 0 Å². The lowest BCUT2D eigenvalue weighted by atomic mass is 9.85. The summed E-state index contributed by atoms with van der Waals surface area (Å²) in [5, 5.41) is 11.6. The highest BCUT2D eigenvalue weighted by Gasteiger charge is 2.39. The molecular formula is C19H27NO4. The van der Waals surface area contributed by atoms with E-state index in [0.29, 0.717) is 12.8 Å². The second-order valence-corrected chi connectivity index (χ2v) is 7.75. The predicted molar refractivity (Wildman–Crippen MR) is 91.8 cm³/mol. The standard InChI is InChI=1S/C19H27NO4/c1-19(2,3)10-9-14-12-16(24-17(14)21)15(20-18(22)23)11-13-7-5-4-6-8-13/h4-8,14-16,20H,9-12H2,1-3H3,(H,22,23). The monoisotopic (exact) mass is 333 g/mol. The molecule has 0 bridgehead atoms. The molecule has 1 aromatic rings. The van der Waals surface area contributed by atoms with Gasteiger partial charge >= 0.3 is 12.1 Å². The lowest BCUT2D eigenvalue weighted by Crippen LogP contribution is -2.44. The Morgan fingerprint density at radius 3 is 2.58 bits per heavy atom. The average molecular weight is 333 g/mol. The number of esters is 1. The molecule has 1 aliphatic rings. The zero-order valence-corrected chi connectivity index (χ0v) is 14.6. The van der Waals surface area contributed by atoms with E-state index in [-0.39, 0.29) is 17.3 Å². The smallest absolute Gasteiger partial charge is 0.405 e. The van der Waals surface area contributed by atoms with Gasteiger partial charge in [0.2, 0.25) is 0 Å². The van der Waals surface area contributed by atoms with E-state index >= 15 is 0 Å². The minimum absolute atomic E-state index is 0.136. The van der Waals surface area contributed by atoms with Crippen LogP contribution in [-0.2, 0) is 16.0 Å². The third-order valence-corrected chi connectivity index (χ3v) is 4.42. The first-order valence-corrected chi connectivity index (χ1v) is 8.48. The number of benzene rings is 1. The molecule has 2 rings (SSSR count). The molecule has 1 heterocycles. The summed E-state index contributed by atoms with van der Waals surface area (Å²) in [7, 11) is 0. The Balaban J connectivity index is 2.02. The molecule has 2 N–H and O–H groups in total. The molecule has 0 aromatic heterocycles. The van der Waals surface area contributed by atoms with Crippen molar-refractivity contribution in [2.24, 2.45) is 11.3 Å². The van der Waals surface area contributed by atoms with Gasteiger partial charge in [-0.3, -0.25) is 4.79 Å². The van der Waals surface area contributed by atoms with Crippen molar-refractivity contribution in [2.45, 2.75) is 58.6 Å². The minimum Gasteiger partial charge on any atom is -0.465 e. The molecule has 132 valence electrons. The van der Waals surface area contributed by atoms with Crippen molar-refractivity contribution in [1.82, 2.24) is 5.32 Å². The van der Waals surface area contributed by atoms with Crippen LogP contribution in [0.3, 0.4) is 0 Å². The Kier molecular flexibility index (Phi) is 5.86. The Labute approximate surface area is 143 Å². The third-order valence-electron chi connectivity index (χ3n) is 4.42. The fourth-order valence-corrected chi connectivity index (χ4v) is 3.06. The fourth-order valence-electron chi connectivity index (χ4n) is 3.06. The van der Waals surface area contributed by atoms with Gasteiger partial charge < -0.3 is 15.2 Å². The molecule has 0 radical (unpaired) electrons. The first-order valence-electron chi connectivity index (χ1n) is 8.48. The zero-order valence-electron chi connectivity index (χ0n) is 14.6. The molecule has 1 fully saturated rings. The molecule has 0 aliphatic carbocycles. The molecule has 24 heavy (non-hydrogen) atoms. The molecule has 1 aliphatic heterocycles. The van der Waals surface area contributed by atoms with Crippen LogP contribution in [0.5, 0.6) is 0 Å². The van der Waals surface area contributed by atoms with Gasteiger partial charge in [0.15, 0.2) is 0 Å². The largest absolute Gasteiger partial charge is 0.465 e. The van der Waals surface area contributed by atoms with E-state index in [1.807, 2.05) is 30.3 Å². The zero-order chi connectivity index (χ0) is 17.7. The van der Waals surface area contributed by atoms with Gasteiger partial charge in [-0.1, -0.05) is 51.1 Å². The number of amides is 1. The van der Waals surface area contributed by atoms with E-state index < -0.39 is 18.2 Å². The summed E-state index contributed by atoms with van der Waals surface area (Å²) >= 11 is 0. The summed E-state index contributed by atoms with van der Waals surface area (Å²) in [6.07, 6.45) is 1.31. The van der Waals surface area contributed by atoms with Gasteiger partial charge in [-0.25, -0.2) is 4.79 Å². The summed E-state index contributed by atoms with van der Waals surface area (Å²) in [6, 6.07) is 9.23. The highest BCUT2D eigenvalue weighted by Crippen LogP contribution is 2.32. The summed E-state index contributed by atoms with van der Waals surface area (Å²) in [6.45, 7) is 6.44. The van der Waals surface area contributed by atoms with Gasteiger partial charge in [-0.05, 0) is 36.7 Å². The van der Waals surface area contributed by atoms with Crippen molar-refractivity contribution in [3.63, 3.8) is 0 Å². The van der Waals surface area contributed by atoms with Crippen molar-refractivity contribution in [3.05, 3.63) is 35.9 Å². The van der Waals surface area contributed by atoms with Gasteiger partial charge in [-0.15, -0.1) is 0 Å². The lowest BCUT2D eigenvalue weighted by molar-refractivity contribution is -0.145. The van der Waals surface area contributed by atoms with Crippen molar-refractivity contribution in [1.29, 1.82) is 0 Å². The van der Waals surface area contributed by atoms with Gasteiger partial charge in [0.05, 0.1) is 12.0 Å². The van der Waals surface area contributed by atoms with Crippen LogP contribution < -0.4 is 5.32 Å². The highest BCUT2D eigenvalue weighted by molar-refractivity contribution is 5.75. The number of carbonyl (C=O) groups is 2. The number of carboxylic acid groups (broad SMARTS) is 1. The van der Waals surface area contributed by atoms with E-state index in [0.717, 1.165) is 18.4 Å². The molecule has 1 aromatic carbocycles. The Hall–Kier alpha value is -2.04. The normalized spacial score (nSPS) is 22.0. The van der Waals surface area contributed by atoms with Gasteiger partial charge in [0, 0.05) is 0 Å². The first kappa shape index (κ1) is 18.3. The van der Waals surface area contributed by atoms with Gasteiger partial charge in [-0.2, -0.15) is 0 Å². The van der Waals surface area contributed by atoms with Crippen LogP contribution in [0.2, 0.25) is 0 Å². The maximum atomic E-state index is 12.1. The molecule has 1 amide bonds. The Morgan fingerprint density at radius 2 is 2.00 bits per heavy atom. The minimum atomic E-state index is -1.09. The number of nitrogens with one attached hydrogen (secondary N) is 1. The molecule has 0 spiro atoms. The van der Waals surface area contributed by atoms with E-state index in [2.05, 4.69) is 26.1 Å². The fraction of sp³-hybridized carbons (Fsp3) is 0.579. The maximum Gasteiger partial charge on any atom is 0.405 e. The van der Waals surface area contributed by atoms with Crippen molar-refractivity contribution < 1.29 is 19.4 Å². The SMILES string of the molecule is CC(C)(C)CCC1CC(C(Cc2ccccc2)NC(=O)O)OC1=O. The van der Waals surface area contributed by atoms with Crippen LogP contribution in [0.1, 0.15) is 45.6 Å². The molecule has 5 heteroatoms. The number of hydrogen-bond donors (Lipinski definition) is 2. The summed E-state index contributed by atoms with van der Waals surface area (Å²) in [5.41, 5.74) is 1.19. The van der Waals surface area contributed by atoms with Crippen molar-refractivity contribution >= 4 is 12.1 Å². The van der Waals surface area contributed by atoms with E-state index in [1.54, 1.807) is 0 Å². The highest BCUT2D eigenvalue weighted by atomic mass is 16.6. The number of cyclic esters (lactones) is 1. The van der Waals surface area contributed by atoms with E-state index in [9.17, 15) is 9.59 Å². The molecule has 5 nitrogen and oxygen atoms in total. The molecule has 0 saturated carbocycles. The summed E-state index contributed by atoms with van der Waals surface area (Å²) in [4.78, 5) is 23.3. The molecule has 1 saturated heterocycles. The van der Waals surface area contributed by atoms with Crippen LogP contribution in [0.4, 0.5) is 4.79 Å². The second-order valence-electron chi connectivity index (χ2n) is 7.75. The van der Waals surface area contributed by atoms with Crippen molar-refractivity contribution in [3.8, 4) is 0 Å². The van der Waals surface area contributed by atoms with Crippen LogP contribution in [0.25, 0.3) is 0 Å². The summed E-state index contributed by atoms with van der Waals surface area (Å²) in [5.74, 6) is -0.336. The number of carbonyl (C=O) groups excluding carboxylic acids is 1. The average Bonchev–Trinajstić information content (AvgIpc) is 2.85. The predicted octanol–water partition coefficient (Wildman–Crippen LogP) is 3.62. The van der Waals surface area contributed by atoms with E-state index in [1.165, 1.54) is 0 Å². The maximum absolute atomic E-state index is 12.1. The van der Waals surface area contributed by atoms with Crippen LogP contribution in [-0.4, -0.2) is 29.3 Å². The van der Waals surface area contributed by atoms with E-state index in [4.69, 9.17) is 9.84 Å². The van der Waals surface area contributed by atoms with Crippen LogP contribution in [0.15, 0.2) is 30.3 Å². The lowest BCUT2D eigenvalue weighted by Gasteiger charge is -2.22. The van der Waals surface area contributed by atoms with Gasteiger partial charge in [0.1, 0.15) is 6.10 Å². The van der Waals surface area contributed by atoms with Crippen LogP contribution >= 0.6 is 0 Å².